The van der Waals surface area contributed by atoms with Crippen molar-refractivity contribution in [1.82, 2.24) is 9.80 Å². The summed E-state index contributed by atoms with van der Waals surface area (Å²) in [5.41, 5.74) is 0. The molecule has 0 aliphatic carbocycles. The van der Waals surface area contributed by atoms with E-state index in [4.69, 9.17) is 10.2 Å². The third-order valence-electron chi connectivity index (χ3n) is 1.93. The first kappa shape index (κ1) is 15.5. The lowest BCUT2D eigenvalue weighted by Gasteiger charge is -2.20. The van der Waals surface area contributed by atoms with Crippen molar-refractivity contribution in [3.05, 3.63) is 0 Å². The number of aliphatic hydroxyl groups is 2. The van der Waals surface area contributed by atoms with E-state index < -0.39 is 37.6 Å². The van der Waals surface area contributed by atoms with Crippen LogP contribution in [0.4, 0.5) is 0 Å². The highest BCUT2D eigenvalue weighted by Crippen LogP contribution is 1.99. The third kappa shape index (κ3) is 4.89. The van der Waals surface area contributed by atoms with Crippen LogP contribution in [0.3, 0.4) is 0 Å². The number of rotatable bonds is 6. The Morgan fingerprint density at radius 1 is 1.12 bits per heavy atom. The summed E-state index contributed by atoms with van der Waals surface area (Å²) in [6.07, 6.45) is -0.621. The van der Waals surface area contributed by atoms with Gasteiger partial charge < -0.3 is 14.9 Å². The van der Waals surface area contributed by atoms with E-state index in [0.717, 1.165) is 11.8 Å². The number of nitrogens with zero attached hydrogens (tertiary/aromatic N) is 2. The number of hydrogen-bond donors (Lipinski definition) is 2. The second-order valence-corrected chi connectivity index (χ2v) is 3.15. The van der Waals surface area contributed by atoms with Gasteiger partial charge in [-0.2, -0.15) is 0 Å². The van der Waals surface area contributed by atoms with Gasteiger partial charge in [0.1, 0.15) is 26.6 Å². The molecule has 0 bridgehead atoms. The van der Waals surface area contributed by atoms with E-state index in [1.54, 1.807) is 0 Å². The van der Waals surface area contributed by atoms with Crippen LogP contribution in [-0.2, 0) is 19.1 Å². The molecule has 0 saturated heterocycles. The summed E-state index contributed by atoms with van der Waals surface area (Å²) in [5.74, 6) is -2.19. The lowest BCUT2D eigenvalue weighted by Crippen LogP contribution is -2.41. The average molecular weight is 248 g/mol. The SMILES string of the molecule is COCN(CO)C(=O)CC(=O)N(CO)C(C)=O. The maximum Gasteiger partial charge on any atom is 0.240 e. The maximum atomic E-state index is 11.5. The molecular weight excluding hydrogens is 232 g/mol. The molecule has 0 radical (unpaired) electrons. The molecule has 0 saturated carbocycles. The summed E-state index contributed by atoms with van der Waals surface area (Å²) >= 11 is 0. The van der Waals surface area contributed by atoms with E-state index >= 15 is 0 Å². The van der Waals surface area contributed by atoms with Crippen molar-refractivity contribution in [3.8, 4) is 0 Å². The van der Waals surface area contributed by atoms with E-state index in [-0.39, 0.29) is 6.73 Å². The smallest absolute Gasteiger partial charge is 0.240 e. The minimum atomic E-state index is -0.834. The van der Waals surface area contributed by atoms with Crippen molar-refractivity contribution >= 4 is 17.7 Å². The van der Waals surface area contributed by atoms with Gasteiger partial charge in [0.15, 0.2) is 0 Å². The Kier molecular flexibility index (Phi) is 7.03. The van der Waals surface area contributed by atoms with Gasteiger partial charge in [0.05, 0.1) is 0 Å². The molecule has 0 rings (SSSR count). The lowest BCUT2D eigenvalue weighted by molar-refractivity contribution is -0.152. The van der Waals surface area contributed by atoms with Gasteiger partial charge in [-0.1, -0.05) is 0 Å². The Bertz CT molecular complexity index is 293. The molecule has 98 valence electrons. The molecule has 17 heavy (non-hydrogen) atoms. The first-order valence-electron chi connectivity index (χ1n) is 4.77. The molecule has 3 amide bonds. The van der Waals surface area contributed by atoms with Crippen LogP contribution in [0, 0.1) is 0 Å². The number of carbonyl (C=O) groups is 3. The molecule has 8 nitrogen and oxygen atoms in total. The van der Waals surface area contributed by atoms with Gasteiger partial charge in [-0.05, 0) is 0 Å². The second-order valence-electron chi connectivity index (χ2n) is 3.15. The Hall–Kier alpha value is -1.51. The first-order chi connectivity index (χ1) is 7.97. The molecule has 0 heterocycles. The van der Waals surface area contributed by atoms with Crippen LogP contribution < -0.4 is 0 Å². The highest BCUT2D eigenvalue weighted by Gasteiger charge is 2.22. The van der Waals surface area contributed by atoms with E-state index in [2.05, 4.69) is 4.74 Å². The van der Waals surface area contributed by atoms with E-state index in [1.165, 1.54) is 7.11 Å². The molecule has 0 unspecified atom stereocenters. The summed E-state index contributed by atoms with van der Waals surface area (Å²) in [6.45, 7) is -0.455. The van der Waals surface area contributed by atoms with Gasteiger partial charge in [0.2, 0.25) is 17.7 Å². The van der Waals surface area contributed by atoms with Gasteiger partial charge in [-0.25, -0.2) is 0 Å². The molecule has 0 aromatic carbocycles. The number of amides is 3. The second kappa shape index (κ2) is 7.71. The van der Waals surface area contributed by atoms with Crippen LogP contribution in [-0.4, -0.2) is 65.0 Å². The number of aliphatic hydroxyl groups excluding tert-OH is 2. The average Bonchev–Trinajstić information content (AvgIpc) is 2.25. The number of imide groups is 1. The molecular formula is C9H16N2O6. The predicted molar refractivity (Wildman–Crippen MR) is 55.0 cm³/mol. The summed E-state index contributed by atoms with van der Waals surface area (Å²) in [7, 11) is 1.33. The zero-order valence-corrected chi connectivity index (χ0v) is 9.75. The van der Waals surface area contributed by atoms with Crippen molar-refractivity contribution in [1.29, 1.82) is 0 Å². The van der Waals surface area contributed by atoms with Crippen LogP contribution in [0.1, 0.15) is 13.3 Å². The Morgan fingerprint density at radius 2 is 1.71 bits per heavy atom. The molecule has 0 spiro atoms. The number of ether oxygens (including phenoxy) is 1. The topological polar surface area (TPSA) is 107 Å². The van der Waals surface area contributed by atoms with E-state index in [1.807, 2.05) is 0 Å². The van der Waals surface area contributed by atoms with E-state index in [0.29, 0.717) is 4.90 Å². The van der Waals surface area contributed by atoms with Crippen molar-refractivity contribution in [2.75, 3.05) is 27.3 Å². The molecule has 2 N–H and O–H groups in total. The van der Waals surface area contributed by atoms with Gasteiger partial charge >= 0.3 is 0 Å². The standard InChI is InChI=1S/C9H16N2O6/c1-7(14)11(5-13)9(16)3-8(15)10(4-12)6-17-2/h12-13H,3-6H2,1-2H3. The van der Waals surface area contributed by atoms with Gasteiger partial charge in [0.25, 0.3) is 0 Å². The largest absolute Gasteiger partial charge is 0.376 e. The van der Waals surface area contributed by atoms with Gasteiger partial charge in [-0.3, -0.25) is 24.2 Å². The lowest BCUT2D eigenvalue weighted by atomic mass is 10.3. The minimum Gasteiger partial charge on any atom is -0.376 e. The van der Waals surface area contributed by atoms with E-state index in [9.17, 15) is 14.4 Å². The fourth-order valence-electron chi connectivity index (χ4n) is 1.04. The van der Waals surface area contributed by atoms with Gasteiger partial charge in [-0.15, -0.1) is 0 Å². The fourth-order valence-corrected chi connectivity index (χ4v) is 1.04. The Labute approximate surface area is 98.4 Å². The summed E-state index contributed by atoms with van der Waals surface area (Å²) < 4.78 is 4.64. The predicted octanol–water partition coefficient (Wildman–Crippen LogP) is -1.92. The monoisotopic (exact) mass is 248 g/mol. The van der Waals surface area contributed by atoms with Crippen LogP contribution in [0.2, 0.25) is 0 Å². The molecule has 0 fully saturated rings. The van der Waals surface area contributed by atoms with Crippen molar-refractivity contribution < 1.29 is 29.3 Å². The Balaban J connectivity index is 4.45. The molecule has 0 aliphatic heterocycles. The third-order valence-corrected chi connectivity index (χ3v) is 1.93. The van der Waals surface area contributed by atoms with Crippen LogP contribution in [0.5, 0.6) is 0 Å². The maximum absolute atomic E-state index is 11.5. The van der Waals surface area contributed by atoms with Crippen LogP contribution in [0.25, 0.3) is 0 Å². The van der Waals surface area contributed by atoms with Crippen molar-refractivity contribution in [2.45, 2.75) is 13.3 Å². The highest BCUT2D eigenvalue weighted by atomic mass is 16.5. The molecule has 0 atom stereocenters. The minimum absolute atomic E-state index is 0.165. The normalized spacial score (nSPS) is 9.88. The van der Waals surface area contributed by atoms with Crippen molar-refractivity contribution in [2.24, 2.45) is 0 Å². The zero-order chi connectivity index (χ0) is 13.4. The number of carbonyl (C=O) groups excluding carboxylic acids is 3. The summed E-state index contributed by atoms with van der Waals surface area (Å²) in [4.78, 5) is 35.2. The van der Waals surface area contributed by atoms with Crippen LogP contribution >= 0.6 is 0 Å². The summed E-state index contributed by atoms with van der Waals surface area (Å²) in [6, 6.07) is 0. The molecule has 0 aromatic rings. The van der Waals surface area contributed by atoms with Gasteiger partial charge in [0, 0.05) is 14.0 Å². The van der Waals surface area contributed by atoms with Crippen molar-refractivity contribution in [3.63, 3.8) is 0 Å². The molecule has 8 heteroatoms. The Morgan fingerprint density at radius 3 is 2.06 bits per heavy atom. The molecule has 0 aliphatic rings. The van der Waals surface area contributed by atoms with Crippen LogP contribution in [0.15, 0.2) is 0 Å². The fraction of sp³-hybridized carbons (Fsp3) is 0.667. The zero-order valence-electron chi connectivity index (χ0n) is 9.75. The quantitative estimate of drug-likeness (QED) is 0.419. The number of methoxy groups -OCH3 is 1. The number of hydrogen-bond acceptors (Lipinski definition) is 6. The highest BCUT2D eigenvalue weighted by molar-refractivity contribution is 6.03. The first-order valence-corrected chi connectivity index (χ1v) is 4.77. The molecule has 0 aromatic heterocycles. The summed E-state index contributed by atoms with van der Waals surface area (Å²) in [5, 5.41) is 17.6.